The van der Waals surface area contributed by atoms with Crippen LogP contribution < -0.4 is 10.1 Å². The Hall–Kier alpha value is -3.09. The molecule has 1 aromatic rings. The molecule has 0 spiro atoms. The molecule has 1 aromatic carbocycles. The third kappa shape index (κ3) is 4.42. The van der Waals surface area contributed by atoms with Crippen molar-refractivity contribution in [1.29, 1.82) is 0 Å². The number of carbonyl (C=O) groups excluding carboxylic acids is 3. The molecule has 32 heavy (non-hydrogen) atoms. The molecule has 0 aromatic heterocycles. The van der Waals surface area contributed by atoms with E-state index in [2.05, 4.69) is 5.32 Å². The number of benzene rings is 1. The second-order valence-electron chi connectivity index (χ2n) is 8.17. The van der Waals surface area contributed by atoms with Gasteiger partial charge >= 0.3 is 11.9 Å². The number of carbonyl (C=O) groups is 3. The second-order valence-corrected chi connectivity index (χ2v) is 8.17. The molecule has 1 aliphatic carbocycles. The largest absolute Gasteiger partial charge is 0.494 e. The molecule has 0 radical (unpaired) electrons. The molecule has 1 heterocycles. The molecule has 0 bridgehead atoms. The lowest BCUT2D eigenvalue weighted by molar-refractivity contribution is -0.151. The molecule has 3 atom stereocenters. The van der Waals surface area contributed by atoms with Crippen molar-refractivity contribution in [3.8, 4) is 5.75 Å². The van der Waals surface area contributed by atoms with Gasteiger partial charge in [0.2, 0.25) is 0 Å². The number of hydrogen-bond donors (Lipinski definition) is 1. The third-order valence-corrected chi connectivity index (χ3v) is 5.92. The van der Waals surface area contributed by atoms with Crippen molar-refractivity contribution in [3.63, 3.8) is 0 Å². The number of Topliss-reactive ketones (excluding diaryl/α,β-unsaturated/α-hetero) is 1. The molecule has 1 aliphatic heterocycles. The van der Waals surface area contributed by atoms with Gasteiger partial charge in [-0.3, -0.25) is 9.59 Å². The predicted molar refractivity (Wildman–Crippen MR) is 119 cm³/mol. The van der Waals surface area contributed by atoms with Crippen molar-refractivity contribution in [2.75, 3.05) is 20.3 Å². The summed E-state index contributed by atoms with van der Waals surface area (Å²) in [7, 11) is 1.28. The average molecular weight is 442 g/mol. The van der Waals surface area contributed by atoms with Crippen LogP contribution in [0.25, 0.3) is 0 Å². The first-order chi connectivity index (χ1) is 15.3. The van der Waals surface area contributed by atoms with Gasteiger partial charge < -0.3 is 19.5 Å². The lowest BCUT2D eigenvalue weighted by Gasteiger charge is -2.38. The van der Waals surface area contributed by atoms with Crippen molar-refractivity contribution >= 4 is 17.7 Å². The Balaban J connectivity index is 2.11. The van der Waals surface area contributed by atoms with E-state index in [1.54, 1.807) is 6.92 Å². The highest BCUT2D eigenvalue weighted by atomic mass is 16.5. The summed E-state index contributed by atoms with van der Waals surface area (Å²) in [6.07, 6.45) is 1.39. The number of ether oxygens (including phenoxy) is 3. The van der Waals surface area contributed by atoms with Crippen LogP contribution in [0.15, 0.2) is 46.8 Å². The Labute approximate surface area is 188 Å². The smallest absolute Gasteiger partial charge is 0.336 e. The fourth-order valence-electron chi connectivity index (χ4n) is 4.47. The molecule has 0 unspecified atom stereocenters. The minimum atomic E-state index is -0.905. The number of allylic oxidation sites excluding steroid dienone is 3. The van der Waals surface area contributed by atoms with Crippen molar-refractivity contribution in [1.82, 2.24) is 5.32 Å². The molecule has 0 saturated heterocycles. The van der Waals surface area contributed by atoms with Crippen LogP contribution in [0.3, 0.4) is 0 Å². The van der Waals surface area contributed by atoms with E-state index in [0.29, 0.717) is 35.6 Å². The van der Waals surface area contributed by atoms with Crippen LogP contribution in [0.2, 0.25) is 0 Å². The van der Waals surface area contributed by atoms with E-state index < -0.39 is 23.8 Å². The van der Waals surface area contributed by atoms with Crippen LogP contribution in [0.5, 0.6) is 5.75 Å². The molecule has 2 aliphatic rings. The molecular weight excluding hydrogens is 410 g/mol. The molecule has 0 amide bonds. The first-order valence-corrected chi connectivity index (χ1v) is 11.1. The van der Waals surface area contributed by atoms with Crippen LogP contribution in [0, 0.1) is 11.8 Å². The monoisotopic (exact) mass is 441 g/mol. The van der Waals surface area contributed by atoms with Crippen molar-refractivity contribution in [3.05, 3.63) is 52.4 Å². The summed E-state index contributed by atoms with van der Waals surface area (Å²) in [5.41, 5.74) is 2.95. The Morgan fingerprint density at radius 3 is 2.44 bits per heavy atom. The molecular formula is C25H31NO6. The highest BCUT2D eigenvalue weighted by molar-refractivity contribution is 6.12. The van der Waals surface area contributed by atoms with E-state index in [-0.39, 0.29) is 18.3 Å². The van der Waals surface area contributed by atoms with Gasteiger partial charge in [0, 0.05) is 22.9 Å². The summed E-state index contributed by atoms with van der Waals surface area (Å²) in [5.74, 6) is -2.41. The predicted octanol–water partition coefficient (Wildman–Crippen LogP) is 3.65. The van der Waals surface area contributed by atoms with Gasteiger partial charge in [-0.2, -0.15) is 0 Å². The minimum Gasteiger partial charge on any atom is -0.494 e. The third-order valence-electron chi connectivity index (χ3n) is 5.92. The number of dihydropyridines is 1. The highest BCUT2D eigenvalue weighted by Gasteiger charge is 2.47. The molecule has 0 saturated carbocycles. The first kappa shape index (κ1) is 23.6. The average Bonchev–Trinajstić information content (AvgIpc) is 2.77. The van der Waals surface area contributed by atoms with Gasteiger partial charge in [0.05, 0.1) is 25.9 Å². The summed E-state index contributed by atoms with van der Waals surface area (Å²) < 4.78 is 15.9. The van der Waals surface area contributed by atoms with Crippen LogP contribution in [-0.2, 0) is 23.9 Å². The molecule has 7 heteroatoms. The van der Waals surface area contributed by atoms with Crippen LogP contribution in [0.4, 0.5) is 0 Å². The lowest BCUT2D eigenvalue weighted by Crippen LogP contribution is -2.43. The van der Waals surface area contributed by atoms with Crippen molar-refractivity contribution < 1.29 is 28.6 Å². The maximum Gasteiger partial charge on any atom is 0.336 e. The van der Waals surface area contributed by atoms with Crippen molar-refractivity contribution in [2.24, 2.45) is 11.8 Å². The van der Waals surface area contributed by atoms with E-state index in [0.717, 1.165) is 17.7 Å². The molecule has 0 fully saturated rings. The number of rotatable bonds is 7. The summed E-state index contributed by atoms with van der Waals surface area (Å²) in [6.45, 7) is 8.26. The van der Waals surface area contributed by atoms with Crippen LogP contribution in [-0.4, -0.2) is 38.0 Å². The molecule has 1 N–H and O–H groups in total. The van der Waals surface area contributed by atoms with E-state index >= 15 is 0 Å². The molecule has 172 valence electrons. The zero-order chi connectivity index (χ0) is 23.4. The van der Waals surface area contributed by atoms with Gasteiger partial charge in [-0.15, -0.1) is 0 Å². The Morgan fingerprint density at radius 1 is 1.16 bits per heavy atom. The zero-order valence-electron chi connectivity index (χ0n) is 19.3. The maximum absolute atomic E-state index is 13.6. The van der Waals surface area contributed by atoms with Gasteiger partial charge in [0.25, 0.3) is 0 Å². The summed E-state index contributed by atoms with van der Waals surface area (Å²) in [4.78, 5) is 39.0. The fraction of sp³-hybridized carbons (Fsp3) is 0.480. The van der Waals surface area contributed by atoms with Crippen molar-refractivity contribution in [2.45, 2.75) is 46.5 Å². The van der Waals surface area contributed by atoms with E-state index in [9.17, 15) is 14.4 Å². The number of nitrogens with one attached hydrogen (secondary N) is 1. The molecule has 3 rings (SSSR count). The van der Waals surface area contributed by atoms with Gasteiger partial charge in [-0.05, 0) is 50.3 Å². The van der Waals surface area contributed by atoms with Crippen LogP contribution >= 0.6 is 0 Å². The zero-order valence-corrected chi connectivity index (χ0v) is 19.3. The number of methoxy groups -OCH3 is 1. The van der Waals surface area contributed by atoms with E-state index in [4.69, 9.17) is 14.2 Å². The van der Waals surface area contributed by atoms with Gasteiger partial charge in [-0.1, -0.05) is 26.0 Å². The topological polar surface area (TPSA) is 90.9 Å². The van der Waals surface area contributed by atoms with Gasteiger partial charge in [0.15, 0.2) is 5.78 Å². The summed E-state index contributed by atoms with van der Waals surface area (Å²) in [6, 6.07) is 7.38. The van der Waals surface area contributed by atoms with Gasteiger partial charge in [-0.25, -0.2) is 4.79 Å². The quantitative estimate of drug-likeness (QED) is 0.510. The van der Waals surface area contributed by atoms with E-state index in [1.807, 2.05) is 45.0 Å². The second kappa shape index (κ2) is 10.0. The summed E-state index contributed by atoms with van der Waals surface area (Å²) >= 11 is 0. The normalized spacial score (nSPS) is 22.8. The number of ketones is 1. The Morgan fingerprint density at radius 2 is 1.84 bits per heavy atom. The SMILES string of the molecule is CCCOc1ccc([C@H]2C(C(=O)OCC)=C(C)NC3=C2C(=O)[C@@H](C(=O)OC)[C@H](C)C3)cc1. The Bertz CT molecular complexity index is 959. The highest BCUT2D eigenvalue weighted by Crippen LogP contribution is 2.45. The Kier molecular flexibility index (Phi) is 7.38. The molecule has 7 nitrogen and oxygen atoms in total. The van der Waals surface area contributed by atoms with Gasteiger partial charge in [0.1, 0.15) is 11.7 Å². The maximum atomic E-state index is 13.6. The fourth-order valence-corrected chi connectivity index (χ4v) is 4.47. The first-order valence-electron chi connectivity index (χ1n) is 11.1. The lowest BCUT2D eigenvalue weighted by atomic mass is 9.69. The van der Waals surface area contributed by atoms with Crippen LogP contribution in [0.1, 0.15) is 52.0 Å². The standard InChI is InChI=1S/C25H31NO6/c1-6-12-32-17-10-8-16(9-11-17)21-20(25(29)31-7-2)15(4)26-18-13-14(3)19(24(28)30-5)23(27)22(18)21/h8-11,14,19,21,26H,6-7,12-13H2,1-5H3/t14-,19+,21+/m1/s1. The minimum absolute atomic E-state index is 0.216. The number of esters is 2. The summed E-state index contributed by atoms with van der Waals surface area (Å²) in [5, 5.41) is 3.25. The number of hydrogen-bond acceptors (Lipinski definition) is 7. The van der Waals surface area contributed by atoms with E-state index in [1.165, 1.54) is 7.11 Å².